The number of nitrogens with two attached hydrogens (primary N) is 1. The van der Waals surface area contributed by atoms with Crippen LogP contribution in [0.1, 0.15) is 23.6 Å². The van der Waals surface area contributed by atoms with Crippen LogP contribution in [0.3, 0.4) is 0 Å². The van der Waals surface area contributed by atoms with E-state index in [1.54, 1.807) is 12.1 Å². The maximum atomic E-state index is 10.1. The van der Waals surface area contributed by atoms with Crippen molar-refractivity contribution < 1.29 is 5.11 Å². The molecule has 0 fully saturated rings. The van der Waals surface area contributed by atoms with Crippen molar-refractivity contribution >= 4 is 69.4 Å². The largest absolute Gasteiger partial charge is 0.506 e. The summed E-state index contributed by atoms with van der Waals surface area (Å²) >= 11 is 13.5. The molecule has 116 valence electrons. The van der Waals surface area contributed by atoms with Crippen molar-refractivity contribution in [2.75, 3.05) is 0 Å². The molecule has 0 aliphatic carbocycles. The van der Waals surface area contributed by atoms with E-state index in [-0.39, 0.29) is 5.75 Å². The first-order chi connectivity index (χ1) is 10.3. The fourth-order valence-corrected chi connectivity index (χ4v) is 4.60. The molecule has 0 amide bonds. The highest BCUT2D eigenvalue weighted by Gasteiger charge is 2.17. The normalized spacial score (nSPS) is 12.2. The zero-order valence-electron chi connectivity index (χ0n) is 11.2. The number of hydrogen-bond donors (Lipinski definition) is 3. The summed E-state index contributed by atoms with van der Waals surface area (Å²) in [6.07, 6.45) is 0.319. The van der Waals surface area contributed by atoms with Crippen molar-refractivity contribution in [1.29, 1.82) is 5.41 Å². The lowest BCUT2D eigenvalue weighted by atomic mass is 9.97. The van der Waals surface area contributed by atoms with Crippen LogP contribution >= 0.6 is 63.7 Å². The molecule has 2 rings (SSSR count). The zero-order chi connectivity index (χ0) is 16.4. The van der Waals surface area contributed by atoms with Crippen molar-refractivity contribution in [2.24, 2.45) is 5.73 Å². The van der Waals surface area contributed by atoms with Crippen molar-refractivity contribution in [3.8, 4) is 5.75 Å². The Labute approximate surface area is 162 Å². The smallest absolute Gasteiger partial charge is 0.134 e. The Kier molecular flexibility index (Phi) is 6.24. The molecule has 4 N–H and O–H groups in total. The van der Waals surface area contributed by atoms with Crippen LogP contribution < -0.4 is 5.73 Å². The van der Waals surface area contributed by atoms with Gasteiger partial charge in [0.25, 0.3) is 0 Å². The van der Waals surface area contributed by atoms with Gasteiger partial charge in [-0.15, -0.1) is 0 Å². The molecule has 0 radical (unpaired) electrons. The number of rotatable bonds is 4. The van der Waals surface area contributed by atoms with Gasteiger partial charge in [-0.05, 0) is 51.8 Å². The van der Waals surface area contributed by atoms with Crippen molar-refractivity contribution in [2.45, 2.75) is 12.5 Å². The Morgan fingerprint density at radius 3 is 2.14 bits per heavy atom. The number of nitrogens with one attached hydrogen (secondary N) is 1. The van der Waals surface area contributed by atoms with Gasteiger partial charge in [0.2, 0.25) is 0 Å². The standard InChI is InChI=1S/C15H12Br4N2O/c16-8-1-7(2-9(17)3-8)13(20)6-14(21)11-4-10(18)5-12(19)15(11)22/h1-5,14,20,22H,6,21H2. The van der Waals surface area contributed by atoms with Gasteiger partial charge >= 0.3 is 0 Å². The highest BCUT2D eigenvalue weighted by molar-refractivity contribution is 9.11. The fourth-order valence-electron chi connectivity index (χ4n) is 2.04. The maximum absolute atomic E-state index is 10.1. The molecule has 0 saturated heterocycles. The average Bonchev–Trinajstić information content (AvgIpc) is 2.41. The third-order valence-corrected chi connectivity index (χ3v) is 5.07. The third-order valence-electron chi connectivity index (χ3n) is 3.09. The average molecular weight is 556 g/mol. The second-order valence-corrected chi connectivity index (χ2v) is 8.37. The quantitative estimate of drug-likeness (QED) is 0.411. The second kappa shape index (κ2) is 7.57. The molecule has 1 unspecified atom stereocenters. The first kappa shape index (κ1) is 18.1. The minimum Gasteiger partial charge on any atom is -0.506 e. The predicted molar refractivity (Wildman–Crippen MR) is 104 cm³/mol. The number of phenolic OH excluding ortho intramolecular Hbond substituents is 1. The molecule has 22 heavy (non-hydrogen) atoms. The molecule has 2 aromatic carbocycles. The van der Waals surface area contributed by atoms with Crippen LogP contribution in [0.5, 0.6) is 5.75 Å². The molecular weight excluding hydrogens is 544 g/mol. The summed E-state index contributed by atoms with van der Waals surface area (Å²) in [6, 6.07) is 8.71. The minimum atomic E-state index is -0.473. The summed E-state index contributed by atoms with van der Waals surface area (Å²) in [5.41, 5.74) is 7.97. The second-order valence-electron chi connectivity index (χ2n) is 4.77. The lowest BCUT2D eigenvalue weighted by Gasteiger charge is -2.16. The van der Waals surface area contributed by atoms with Crippen molar-refractivity contribution in [3.05, 3.63) is 59.3 Å². The Morgan fingerprint density at radius 2 is 1.55 bits per heavy atom. The number of aromatic hydroxyl groups is 1. The number of halogens is 4. The Bertz CT molecular complexity index is 713. The van der Waals surface area contributed by atoms with Gasteiger partial charge in [-0.1, -0.05) is 47.8 Å². The van der Waals surface area contributed by atoms with E-state index in [2.05, 4.69) is 63.7 Å². The van der Waals surface area contributed by atoms with Gasteiger partial charge in [-0.2, -0.15) is 0 Å². The molecule has 0 saturated carbocycles. The molecule has 7 heteroatoms. The van der Waals surface area contributed by atoms with Crippen LogP contribution in [-0.4, -0.2) is 10.8 Å². The van der Waals surface area contributed by atoms with E-state index in [0.717, 1.165) is 19.0 Å². The zero-order valence-corrected chi connectivity index (χ0v) is 17.6. The van der Waals surface area contributed by atoms with Gasteiger partial charge in [-0.3, -0.25) is 0 Å². The number of hydrogen-bond acceptors (Lipinski definition) is 3. The van der Waals surface area contributed by atoms with E-state index in [0.29, 0.717) is 22.2 Å². The minimum absolute atomic E-state index is 0.110. The Morgan fingerprint density at radius 1 is 1.00 bits per heavy atom. The molecular formula is C15H12Br4N2O. The summed E-state index contributed by atoms with van der Waals surface area (Å²) in [6.45, 7) is 0. The monoisotopic (exact) mass is 552 g/mol. The van der Waals surface area contributed by atoms with Crippen LogP contribution in [0.2, 0.25) is 0 Å². The van der Waals surface area contributed by atoms with E-state index >= 15 is 0 Å². The lowest BCUT2D eigenvalue weighted by Crippen LogP contribution is -2.16. The first-order valence-electron chi connectivity index (χ1n) is 6.25. The highest BCUT2D eigenvalue weighted by Crippen LogP contribution is 2.36. The van der Waals surface area contributed by atoms with E-state index < -0.39 is 6.04 Å². The van der Waals surface area contributed by atoms with Gasteiger partial charge < -0.3 is 16.2 Å². The number of phenols is 1. The summed E-state index contributed by atoms with van der Waals surface area (Å²) in [4.78, 5) is 0. The van der Waals surface area contributed by atoms with E-state index in [4.69, 9.17) is 11.1 Å². The molecule has 0 bridgehead atoms. The molecule has 3 nitrogen and oxygen atoms in total. The number of benzene rings is 2. The molecule has 0 aliphatic rings. The van der Waals surface area contributed by atoms with E-state index in [1.165, 1.54) is 0 Å². The first-order valence-corrected chi connectivity index (χ1v) is 9.42. The summed E-state index contributed by atoms with van der Waals surface area (Å²) in [7, 11) is 0. The summed E-state index contributed by atoms with van der Waals surface area (Å²) in [5, 5.41) is 18.4. The van der Waals surface area contributed by atoms with Gasteiger partial charge in [0.15, 0.2) is 0 Å². The maximum Gasteiger partial charge on any atom is 0.134 e. The van der Waals surface area contributed by atoms with Gasteiger partial charge in [-0.25, -0.2) is 0 Å². The lowest BCUT2D eigenvalue weighted by molar-refractivity contribution is 0.458. The fraction of sp³-hybridized carbons (Fsp3) is 0.133. The highest BCUT2D eigenvalue weighted by atomic mass is 79.9. The van der Waals surface area contributed by atoms with Crippen LogP contribution in [0.25, 0.3) is 0 Å². The van der Waals surface area contributed by atoms with Crippen molar-refractivity contribution in [3.63, 3.8) is 0 Å². The Hall–Kier alpha value is -0.210. The van der Waals surface area contributed by atoms with Crippen LogP contribution in [-0.2, 0) is 0 Å². The van der Waals surface area contributed by atoms with E-state index in [9.17, 15) is 5.11 Å². The molecule has 0 spiro atoms. The third kappa shape index (κ3) is 4.41. The van der Waals surface area contributed by atoms with Gasteiger partial charge in [0.05, 0.1) is 4.47 Å². The molecule has 1 atom stereocenters. The molecule has 0 heterocycles. The molecule has 0 aromatic heterocycles. The predicted octanol–water partition coefficient (Wildman–Crippen LogP) is 5.90. The Balaban J connectivity index is 2.25. The van der Waals surface area contributed by atoms with Gasteiger partial charge in [0, 0.05) is 37.2 Å². The molecule has 0 aliphatic heterocycles. The van der Waals surface area contributed by atoms with Gasteiger partial charge in [0.1, 0.15) is 5.75 Å². The van der Waals surface area contributed by atoms with Crippen LogP contribution in [0.15, 0.2) is 48.2 Å². The summed E-state index contributed by atoms with van der Waals surface area (Å²) in [5.74, 6) is 0.110. The van der Waals surface area contributed by atoms with Crippen LogP contribution in [0, 0.1) is 5.41 Å². The van der Waals surface area contributed by atoms with E-state index in [1.807, 2.05) is 18.2 Å². The molecule has 2 aromatic rings. The SMILES string of the molecule is N=C(CC(N)c1cc(Br)cc(Br)c1O)c1cc(Br)cc(Br)c1. The van der Waals surface area contributed by atoms with Crippen LogP contribution in [0.4, 0.5) is 0 Å². The summed E-state index contributed by atoms with van der Waals surface area (Å²) < 4.78 is 3.18. The topological polar surface area (TPSA) is 70.1 Å². The van der Waals surface area contributed by atoms with Crippen molar-refractivity contribution in [1.82, 2.24) is 0 Å².